The van der Waals surface area contributed by atoms with Crippen LogP contribution in [0.2, 0.25) is 0 Å². The Hall–Kier alpha value is -2.73. The maximum atomic E-state index is 12.8. The van der Waals surface area contributed by atoms with Gasteiger partial charge in [-0.25, -0.2) is 4.98 Å². The quantitative estimate of drug-likeness (QED) is 0.328. The number of H-pyrrole nitrogens is 1. The predicted octanol–water partition coefficient (Wildman–Crippen LogP) is 6.99. The van der Waals surface area contributed by atoms with Crippen molar-refractivity contribution in [2.24, 2.45) is 5.92 Å². The second kappa shape index (κ2) is 10.7. The molecule has 6 heteroatoms. The van der Waals surface area contributed by atoms with E-state index in [1.54, 1.807) is 6.33 Å². The van der Waals surface area contributed by atoms with Crippen LogP contribution < -0.4 is 10.6 Å². The number of hydrogen-bond donors (Lipinski definition) is 3. The van der Waals surface area contributed by atoms with Gasteiger partial charge in [-0.3, -0.25) is 4.79 Å². The summed E-state index contributed by atoms with van der Waals surface area (Å²) >= 11 is 1.36. The van der Waals surface area contributed by atoms with Crippen LogP contribution in [0.3, 0.4) is 0 Å². The molecule has 1 fully saturated rings. The van der Waals surface area contributed by atoms with Crippen LogP contribution in [0.5, 0.6) is 0 Å². The molecule has 178 valence electrons. The number of rotatable bonds is 8. The van der Waals surface area contributed by atoms with Crippen molar-refractivity contribution in [1.82, 2.24) is 9.97 Å². The minimum atomic E-state index is 0.215. The molecule has 1 aromatic heterocycles. The van der Waals surface area contributed by atoms with Crippen molar-refractivity contribution >= 4 is 39.3 Å². The number of thioether (sulfide) groups is 1. The highest BCUT2D eigenvalue weighted by Gasteiger charge is 2.23. The third-order valence-electron chi connectivity index (χ3n) is 7.09. The van der Waals surface area contributed by atoms with Crippen LogP contribution in [-0.4, -0.2) is 21.6 Å². The molecule has 0 saturated heterocycles. The van der Waals surface area contributed by atoms with Crippen molar-refractivity contribution < 1.29 is 4.79 Å². The third-order valence-corrected chi connectivity index (χ3v) is 7.79. The average molecular weight is 475 g/mol. The molecule has 3 aromatic rings. The first-order valence-electron chi connectivity index (χ1n) is 12.6. The first-order valence-corrected chi connectivity index (χ1v) is 13.5. The zero-order chi connectivity index (χ0) is 23.3. The topological polar surface area (TPSA) is 69.8 Å². The Kier molecular flexibility index (Phi) is 7.24. The molecule has 0 bridgehead atoms. The summed E-state index contributed by atoms with van der Waals surface area (Å²) in [6, 6.07) is 11.1. The SMILES string of the molecule is CCNc1cc2c(cc1CC(=O)S/C=C/C1CCCC1)CCCC2Nc1ccc2nc[nH]c2c1. The first-order chi connectivity index (χ1) is 16.7. The Balaban J connectivity index is 1.32. The lowest BCUT2D eigenvalue weighted by Gasteiger charge is -2.29. The number of imidazole rings is 1. The molecule has 5 nitrogen and oxygen atoms in total. The summed E-state index contributed by atoms with van der Waals surface area (Å²) in [5.74, 6) is 0.666. The maximum absolute atomic E-state index is 12.8. The van der Waals surface area contributed by atoms with Crippen LogP contribution in [0.1, 0.15) is 68.2 Å². The molecular weight excluding hydrogens is 440 g/mol. The largest absolute Gasteiger partial charge is 0.385 e. The smallest absolute Gasteiger partial charge is 0.197 e. The fourth-order valence-corrected chi connectivity index (χ4v) is 6.05. The second-order valence-electron chi connectivity index (χ2n) is 9.50. The van der Waals surface area contributed by atoms with E-state index in [1.165, 1.54) is 48.6 Å². The molecule has 3 N–H and O–H groups in total. The van der Waals surface area contributed by atoms with Crippen LogP contribution >= 0.6 is 11.8 Å². The molecule has 0 radical (unpaired) electrons. The standard InChI is InChI=1S/C28H34N4OS/c1-2-29-26-17-23-20(14-21(26)15-28(33)34-13-12-19-6-3-4-7-19)8-5-9-24(23)32-22-10-11-25-27(16-22)31-18-30-25/h10-14,16-19,24,29,32H,2-9,15H2,1H3,(H,30,31)/b13-12+. The van der Waals surface area contributed by atoms with Crippen molar-refractivity contribution in [3.05, 3.63) is 64.8 Å². The second-order valence-corrected chi connectivity index (χ2v) is 10.5. The van der Waals surface area contributed by atoms with E-state index in [4.69, 9.17) is 0 Å². The van der Waals surface area contributed by atoms with Gasteiger partial charge in [0.25, 0.3) is 0 Å². The van der Waals surface area contributed by atoms with Crippen molar-refractivity contribution in [3.63, 3.8) is 0 Å². The van der Waals surface area contributed by atoms with Gasteiger partial charge in [0.15, 0.2) is 5.12 Å². The minimum absolute atomic E-state index is 0.215. The number of benzene rings is 2. The molecule has 0 spiro atoms. The number of carbonyl (C=O) groups is 1. The number of hydrogen-bond acceptors (Lipinski definition) is 5. The number of aromatic amines is 1. The van der Waals surface area contributed by atoms with Crippen LogP contribution in [0.4, 0.5) is 11.4 Å². The zero-order valence-corrected chi connectivity index (χ0v) is 20.7. The first kappa shape index (κ1) is 23.0. The van der Waals surface area contributed by atoms with E-state index in [2.05, 4.69) is 63.9 Å². The van der Waals surface area contributed by atoms with E-state index in [1.807, 2.05) is 5.41 Å². The molecule has 2 aliphatic rings. The highest BCUT2D eigenvalue weighted by Crippen LogP contribution is 2.37. The third kappa shape index (κ3) is 5.33. The van der Waals surface area contributed by atoms with E-state index in [0.29, 0.717) is 12.3 Å². The van der Waals surface area contributed by atoms with Gasteiger partial charge < -0.3 is 15.6 Å². The summed E-state index contributed by atoms with van der Waals surface area (Å²) < 4.78 is 0. The summed E-state index contributed by atoms with van der Waals surface area (Å²) in [5, 5.41) is 9.51. The average Bonchev–Trinajstić information content (AvgIpc) is 3.52. The van der Waals surface area contributed by atoms with E-state index < -0.39 is 0 Å². The Bertz CT molecular complexity index is 1180. The summed E-state index contributed by atoms with van der Waals surface area (Å²) in [7, 11) is 0. The number of fused-ring (bicyclic) bond motifs is 2. The lowest BCUT2D eigenvalue weighted by molar-refractivity contribution is -0.110. The lowest BCUT2D eigenvalue weighted by Crippen LogP contribution is -2.19. The number of nitrogens with one attached hydrogen (secondary N) is 3. The molecular formula is C28H34N4OS. The lowest BCUT2D eigenvalue weighted by atomic mass is 9.85. The van der Waals surface area contributed by atoms with Crippen molar-refractivity contribution in [2.45, 2.75) is 64.3 Å². The highest BCUT2D eigenvalue weighted by molar-refractivity contribution is 8.16. The Morgan fingerprint density at radius 3 is 2.91 bits per heavy atom. The van der Waals surface area contributed by atoms with E-state index >= 15 is 0 Å². The monoisotopic (exact) mass is 474 g/mol. The summed E-state index contributed by atoms with van der Waals surface area (Å²) in [5.41, 5.74) is 8.04. The molecule has 0 amide bonds. The van der Waals surface area contributed by atoms with Gasteiger partial charge in [-0.1, -0.05) is 36.7 Å². The van der Waals surface area contributed by atoms with E-state index in [-0.39, 0.29) is 11.2 Å². The van der Waals surface area contributed by atoms with Crippen molar-refractivity contribution in [3.8, 4) is 0 Å². The number of aromatic nitrogens is 2. The van der Waals surface area contributed by atoms with Gasteiger partial charge >= 0.3 is 0 Å². The van der Waals surface area contributed by atoms with E-state index in [9.17, 15) is 4.79 Å². The fourth-order valence-electron chi connectivity index (χ4n) is 5.36. The number of allylic oxidation sites excluding steroid dienone is 1. The van der Waals surface area contributed by atoms with Crippen LogP contribution in [0.25, 0.3) is 11.0 Å². The Morgan fingerprint density at radius 1 is 1.18 bits per heavy atom. The summed E-state index contributed by atoms with van der Waals surface area (Å²) in [6.45, 7) is 2.95. The molecule has 1 unspecified atom stereocenters. The zero-order valence-electron chi connectivity index (χ0n) is 19.9. The number of nitrogens with zero attached hydrogens (tertiary/aromatic N) is 1. The fraction of sp³-hybridized carbons (Fsp3) is 0.429. The normalized spacial score (nSPS) is 18.4. The molecule has 2 aromatic carbocycles. The maximum Gasteiger partial charge on any atom is 0.197 e. The molecule has 1 atom stereocenters. The number of anilines is 2. The number of carbonyl (C=O) groups excluding carboxylic acids is 1. The van der Waals surface area contributed by atoms with E-state index in [0.717, 1.165) is 53.8 Å². The van der Waals surface area contributed by atoms with Crippen LogP contribution in [0.15, 0.2) is 48.1 Å². The van der Waals surface area contributed by atoms with Crippen LogP contribution in [-0.2, 0) is 17.6 Å². The Morgan fingerprint density at radius 2 is 2.06 bits per heavy atom. The van der Waals surface area contributed by atoms with Gasteiger partial charge in [-0.2, -0.15) is 0 Å². The van der Waals surface area contributed by atoms with Crippen molar-refractivity contribution in [1.29, 1.82) is 0 Å². The molecule has 1 saturated carbocycles. The van der Waals surface area contributed by atoms with Gasteiger partial charge in [0.2, 0.25) is 0 Å². The van der Waals surface area contributed by atoms with Crippen molar-refractivity contribution in [2.75, 3.05) is 17.2 Å². The van der Waals surface area contributed by atoms with Crippen LogP contribution in [0, 0.1) is 5.92 Å². The Labute approximate surface area is 206 Å². The number of aryl methyl sites for hydroxylation is 1. The predicted molar refractivity (Wildman–Crippen MR) is 143 cm³/mol. The molecule has 2 aliphatic carbocycles. The van der Waals surface area contributed by atoms with Gasteiger partial charge in [0.05, 0.1) is 23.4 Å². The van der Waals surface area contributed by atoms with Gasteiger partial charge in [0.1, 0.15) is 0 Å². The van der Waals surface area contributed by atoms with Gasteiger partial charge in [-0.05, 0) is 91.3 Å². The van der Waals surface area contributed by atoms with Gasteiger partial charge in [0, 0.05) is 24.3 Å². The highest BCUT2D eigenvalue weighted by atomic mass is 32.2. The molecule has 5 rings (SSSR count). The minimum Gasteiger partial charge on any atom is -0.385 e. The summed E-state index contributed by atoms with van der Waals surface area (Å²) in [4.78, 5) is 20.3. The molecule has 34 heavy (non-hydrogen) atoms. The molecule has 1 heterocycles. The summed E-state index contributed by atoms with van der Waals surface area (Å²) in [6.07, 6.45) is 12.9. The molecule has 0 aliphatic heterocycles. The van der Waals surface area contributed by atoms with Gasteiger partial charge in [-0.15, -0.1) is 0 Å².